The first-order valence-corrected chi connectivity index (χ1v) is 5.45. The lowest BCUT2D eigenvalue weighted by atomic mass is 9.75. The highest BCUT2D eigenvalue weighted by Gasteiger charge is 2.32. The zero-order valence-electron chi connectivity index (χ0n) is 8.34. The predicted molar refractivity (Wildman–Crippen MR) is 55.6 cm³/mol. The first-order valence-electron chi connectivity index (χ1n) is 5.45. The molecule has 0 saturated heterocycles. The number of hydrogen-bond donors (Lipinski definition) is 1. The number of nitrogens with two attached hydrogens (primary N) is 1. The van der Waals surface area contributed by atoms with Crippen molar-refractivity contribution in [1.29, 1.82) is 0 Å². The average Bonchev–Trinajstić information content (AvgIpc) is 2.13. The maximum Gasteiger partial charge on any atom is 0.0166 e. The van der Waals surface area contributed by atoms with Crippen molar-refractivity contribution in [3.05, 3.63) is 12.2 Å². The molecule has 0 unspecified atom stereocenters. The Morgan fingerprint density at radius 1 is 1.31 bits per heavy atom. The Morgan fingerprint density at radius 2 is 2.15 bits per heavy atom. The highest BCUT2D eigenvalue weighted by atomic mass is 15.1. The van der Waals surface area contributed by atoms with Crippen LogP contribution in [0.2, 0.25) is 0 Å². The quantitative estimate of drug-likeness (QED) is 0.667. The highest BCUT2D eigenvalue weighted by Crippen LogP contribution is 2.32. The monoisotopic (exact) mass is 180 g/mol. The van der Waals surface area contributed by atoms with Gasteiger partial charge in [-0.2, -0.15) is 0 Å². The normalized spacial score (nSPS) is 27.2. The maximum atomic E-state index is 6.18. The van der Waals surface area contributed by atoms with Crippen molar-refractivity contribution in [3.63, 3.8) is 0 Å². The molecule has 74 valence electrons. The predicted octanol–water partition coefficient (Wildman–Crippen LogP) is 1.52. The van der Waals surface area contributed by atoms with Gasteiger partial charge >= 0.3 is 0 Å². The largest absolute Gasteiger partial charge is 0.325 e. The fraction of sp³-hybridized carbons (Fsp3) is 0.818. The molecule has 0 radical (unpaired) electrons. The van der Waals surface area contributed by atoms with Crippen molar-refractivity contribution < 1.29 is 0 Å². The van der Waals surface area contributed by atoms with E-state index in [1.54, 1.807) is 0 Å². The zero-order valence-corrected chi connectivity index (χ0v) is 8.34. The minimum Gasteiger partial charge on any atom is -0.325 e. The van der Waals surface area contributed by atoms with Crippen molar-refractivity contribution in [2.75, 3.05) is 19.6 Å². The molecule has 0 amide bonds. The topological polar surface area (TPSA) is 29.3 Å². The van der Waals surface area contributed by atoms with Gasteiger partial charge in [0.1, 0.15) is 0 Å². The summed E-state index contributed by atoms with van der Waals surface area (Å²) in [6, 6.07) is 0. The van der Waals surface area contributed by atoms with E-state index < -0.39 is 0 Å². The molecule has 1 saturated carbocycles. The summed E-state index contributed by atoms with van der Waals surface area (Å²) in [5, 5.41) is 0. The van der Waals surface area contributed by atoms with Crippen LogP contribution in [-0.2, 0) is 0 Å². The number of nitrogens with zero attached hydrogens (tertiary/aromatic N) is 1. The molecule has 2 rings (SSSR count). The molecule has 0 aromatic carbocycles. The summed E-state index contributed by atoms with van der Waals surface area (Å²) in [6.07, 6.45) is 10.8. The van der Waals surface area contributed by atoms with E-state index in [1.165, 1.54) is 45.2 Å². The maximum absolute atomic E-state index is 6.18. The summed E-state index contributed by atoms with van der Waals surface area (Å²) < 4.78 is 0. The second-order valence-corrected chi connectivity index (χ2v) is 4.53. The van der Waals surface area contributed by atoms with Crippen LogP contribution >= 0.6 is 0 Å². The third kappa shape index (κ3) is 2.32. The second kappa shape index (κ2) is 3.81. The molecule has 2 aliphatic rings. The molecule has 2 nitrogen and oxygen atoms in total. The van der Waals surface area contributed by atoms with Gasteiger partial charge in [0.2, 0.25) is 0 Å². The van der Waals surface area contributed by atoms with Crippen LogP contribution in [0.15, 0.2) is 12.2 Å². The lowest BCUT2D eigenvalue weighted by molar-refractivity contribution is 0.187. The van der Waals surface area contributed by atoms with Crippen LogP contribution in [0.1, 0.15) is 32.1 Å². The van der Waals surface area contributed by atoms with Crippen LogP contribution in [-0.4, -0.2) is 30.1 Å². The molecule has 0 spiro atoms. The van der Waals surface area contributed by atoms with E-state index in [-0.39, 0.29) is 5.54 Å². The Bertz CT molecular complexity index is 194. The molecular formula is C11H20N2. The van der Waals surface area contributed by atoms with E-state index in [1.807, 2.05) is 0 Å². The average molecular weight is 180 g/mol. The van der Waals surface area contributed by atoms with Crippen molar-refractivity contribution in [3.8, 4) is 0 Å². The summed E-state index contributed by atoms with van der Waals surface area (Å²) in [4.78, 5) is 2.51. The standard InChI is InChI=1S/C11H20N2/c12-11(5-4-6-11)7-10-13-8-2-1-3-9-13/h1-2H,3-10,12H2. The fourth-order valence-electron chi connectivity index (χ4n) is 2.15. The number of hydrogen-bond acceptors (Lipinski definition) is 2. The first-order chi connectivity index (χ1) is 6.29. The minimum atomic E-state index is 0.209. The summed E-state index contributed by atoms with van der Waals surface area (Å²) in [6.45, 7) is 3.56. The van der Waals surface area contributed by atoms with Crippen LogP contribution in [0.3, 0.4) is 0 Å². The van der Waals surface area contributed by atoms with Gasteiger partial charge in [-0.3, -0.25) is 4.90 Å². The fourth-order valence-corrected chi connectivity index (χ4v) is 2.15. The van der Waals surface area contributed by atoms with Gasteiger partial charge in [0.25, 0.3) is 0 Å². The van der Waals surface area contributed by atoms with Crippen molar-refractivity contribution in [2.24, 2.45) is 5.73 Å². The molecule has 1 aliphatic heterocycles. The number of rotatable bonds is 3. The second-order valence-electron chi connectivity index (χ2n) is 4.53. The van der Waals surface area contributed by atoms with E-state index in [2.05, 4.69) is 17.1 Å². The van der Waals surface area contributed by atoms with Crippen molar-refractivity contribution in [1.82, 2.24) is 4.90 Å². The van der Waals surface area contributed by atoms with Gasteiger partial charge in [0.15, 0.2) is 0 Å². The van der Waals surface area contributed by atoms with Crippen molar-refractivity contribution >= 4 is 0 Å². The van der Waals surface area contributed by atoms with Gasteiger partial charge in [-0.15, -0.1) is 0 Å². The van der Waals surface area contributed by atoms with Crippen LogP contribution in [0.25, 0.3) is 0 Å². The Labute approximate surface area is 80.8 Å². The van der Waals surface area contributed by atoms with E-state index in [9.17, 15) is 0 Å². The van der Waals surface area contributed by atoms with Gasteiger partial charge in [0, 0.05) is 25.2 Å². The Morgan fingerprint density at radius 3 is 2.69 bits per heavy atom. The molecule has 1 aliphatic carbocycles. The molecule has 2 N–H and O–H groups in total. The van der Waals surface area contributed by atoms with E-state index >= 15 is 0 Å². The zero-order chi connectivity index (χ0) is 9.15. The Hall–Kier alpha value is -0.340. The summed E-state index contributed by atoms with van der Waals surface area (Å²) in [7, 11) is 0. The minimum absolute atomic E-state index is 0.209. The summed E-state index contributed by atoms with van der Waals surface area (Å²) in [5.74, 6) is 0. The Kier molecular flexibility index (Phi) is 2.70. The third-order valence-electron chi connectivity index (χ3n) is 3.42. The van der Waals surface area contributed by atoms with E-state index in [0.29, 0.717) is 0 Å². The van der Waals surface area contributed by atoms with Gasteiger partial charge in [-0.25, -0.2) is 0 Å². The van der Waals surface area contributed by atoms with Crippen LogP contribution < -0.4 is 5.73 Å². The molecule has 0 atom stereocenters. The molecule has 1 fully saturated rings. The molecule has 0 aromatic heterocycles. The molecule has 1 heterocycles. The molecular weight excluding hydrogens is 160 g/mol. The molecule has 0 aromatic rings. The van der Waals surface area contributed by atoms with Crippen LogP contribution in [0.5, 0.6) is 0 Å². The lowest BCUT2D eigenvalue weighted by Gasteiger charge is -2.39. The molecule has 13 heavy (non-hydrogen) atoms. The SMILES string of the molecule is NC1(CCN2CC=CCC2)CCC1. The molecule has 0 bridgehead atoms. The van der Waals surface area contributed by atoms with Gasteiger partial charge in [0.05, 0.1) is 0 Å². The van der Waals surface area contributed by atoms with E-state index in [0.717, 1.165) is 6.54 Å². The van der Waals surface area contributed by atoms with Gasteiger partial charge < -0.3 is 5.73 Å². The summed E-state index contributed by atoms with van der Waals surface area (Å²) in [5.41, 5.74) is 6.38. The van der Waals surface area contributed by atoms with Crippen LogP contribution in [0.4, 0.5) is 0 Å². The Balaban J connectivity index is 1.69. The van der Waals surface area contributed by atoms with Gasteiger partial charge in [-0.1, -0.05) is 12.2 Å². The smallest absolute Gasteiger partial charge is 0.0166 e. The molecule has 2 heteroatoms. The first kappa shape index (κ1) is 9.22. The highest BCUT2D eigenvalue weighted by molar-refractivity contribution is 4.95. The van der Waals surface area contributed by atoms with Crippen molar-refractivity contribution in [2.45, 2.75) is 37.6 Å². The van der Waals surface area contributed by atoms with Gasteiger partial charge in [-0.05, 0) is 32.1 Å². The summed E-state index contributed by atoms with van der Waals surface area (Å²) >= 11 is 0. The van der Waals surface area contributed by atoms with E-state index in [4.69, 9.17) is 5.73 Å². The van der Waals surface area contributed by atoms with Crippen LogP contribution in [0, 0.1) is 0 Å². The third-order valence-corrected chi connectivity index (χ3v) is 3.42. The lowest BCUT2D eigenvalue weighted by Crippen LogP contribution is -2.49.